The van der Waals surface area contributed by atoms with Gasteiger partial charge in [0.2, 0.25) is 0 Å². The molecule has 0 aliphatic heterocycles. The predicted octanol–water partition coefficient (Wildman–Crippen LogP) is 6.04. The topological polar surface area (TPSA) is 44.1 Å². The van der Waals surface area contributed by atoms with Gasteiger partial charge in [-0.15, -0.1) is 0 Å². The zero-order chi connectivity index (χ0) is 20.2. The van der Waals surface area contributed by atoms with Crippen LogP contribution in [0.1, 0.15) is 17.4 Å². The summed E-state index contributed by atoms with van der Waals surface area (Å²) in [6.45, 7) is 2.07. The molecule has 0 amide bonds. The van der Waals surface area contributed by atoms with Gasteiger partial charge in [-0.25, -0.2) is 9.78 Å². The summed E-state index contributed by atoms with van der Waals surface area (Å²) in [6.07, 6.45) is 0. The zero-order valence-corrected chi connectivity index (χ0v) is 16.6. The van der Waals surface area contributed by atoms with Crippen molar-refractivity contribution in [2.24, 2.45) is 0 Å². The molecule has 0 saturated carbocycles. The smallest absolute Gasteiger partial charge is 0.357 e. The van der Waals surface area contributed by atoms with Crippen LogP contribution in [-0.2, 0) is 4.74 Å². The Bertz CT molecular complexity index is 1120. The monoisotopic (exact) mass is 402 g/mol. The summed E-state index contributed by atoms with van der Waals surface area (Å²) in [5.41, 5.74) is 3.50. The quantitative estimate of drug-likeness (QED) is 0.382. The van der Waals surface area contributed by atoms with Crippen LogP contribution in [0.5, 0.6) is 0 Å². The number of benzene rings is 3. The Morgan fingerprint density at radius 2 is 1.48 bits per heavy atom. The standard InChI is InChI=1S/C24H19ClN2O2/c1-2-29-24(28)22-21(17-9-5-3-6-10-17)26-23(18-11-7-4-8-12-18)27(22)20-15-13-19(25)14-16-20/h3-16H,2H2,1H3. The van der Waals surface area contributed by atoms with Gasteiger partial charge in [0.15, 0.2) is 5.69 Å². The molecule has 5 heteroatoms. The number of rotatable bonds is 5. The van der Waals surface area contributed by atoms with Crippen LogP contribution in [0.4, 0.5) is 0 Å². The van der Waals surface area contributed by atoms with Gasteiger partial charge >= 0.3 is 5.97 Å². The molecule has 0 spiro atoms. The van der Waals surface area contributed by atoms with Gasteiger partial charge in [0.25, 0.3) is 0 Å². The van der Waals surface area contributed by atoms with Crippen molar-refractivity contribution < 1.29 is 9.53 Å². The van der Waals surface area contributed by atoms with Gasteiger partial charge in [-0.05, 0) is 31.2 Å². The van der Waals surface area contributed by atoms with Crippen LogP contribution in [0.15, 0.2) is 84.9 Å². The Balaban J connectivity index is 2.05. The lowest BCUT2D eigenvalue weighted by Crippen LogP contribution is -2.13. The van der Waals surface area contributed by atoms with E-state index in [1.807, 2.05) is 77.4 Å². The van der Waals surface area contributed by atoms with E-state index in [0.717, 1.165) is 16.8 Å². The number of esters is 1. The summed E-state index contributed by atoms with van der Waals surface area (Å²) >= 11 is 6.09. The largest absolute Gasteiger partial charge is 0.461 e. The Labute approximate surface area is 174 Å². The summed E-state index contributed by atoms with van der Waals surface area (Å²) < 4.78 is 7.24. The highest BCUT2D eigenvalue weighted by molar-refractivity contribution is 6.30. The molecule has 0 unspecified atom stereocenters. The fraction of sp³-hybridized carbons (Fsp3) is 0.0833. The van der Waals surface area contributed by atoms with Crippen LogP contribution in [0, 0.1) is 0 Å². The summed E-state index contributed by atoms with van der Waals surface area (Å²) in [4.78, 5) is 17.9. The van der Waals surface area contributed by atoms with Crippen molar-refractivity contribution in [3.8, 4) is 28.3 Å². The van der Waals surface area contributed by atoms with Gasteiger partial charge in [0.1, 0.15) is 11.5 Å². The first-order valence-electron chi connectivity index (χ1n) is 9.35. The minimum absolute atomic E-state index is 0.277. The zero-order valence-electron chi connectivity index (χ0n) is 15.9. The average molecular weight is 403 g/mol. The molecule has 0 saturated heterocycles. The van der Waals surface area contributed by atoms with Crippen molar-refractivity contribution in [2.45, 2.75) is 6.92 Å². The highest BCUT2D eigenvalue weighted by Gasteiger charge is 2.26. The van der Waals surface area contributed by atoms with Gasteiger partial charge in [-0.2, -0.15) is 0 Å². The Morgan fingerprint density at radius 1 is 0.897 bits per heavy atom. The first-order chi connectivity index (χ1) is 14.2. The number of hydrogen-bond donors (Lipinski definition) is 0. The molecular weight excluding hydrogens is 384 g/mol. The first kappa shape index (κ1) is 19.0. The maximum absolute atomic E-state index is 13.0. The van der Waals surface area contributed by atoms with E-state index in [4.69, 9.17) is 21.3 Å². The molecule has 0 N–H and O–H groups in total. The van der Waals surface area contributed by atoms with E-state index in [1.54, 1.807) is 19.1 Å². The number of hydrogen-bond acceptors (Lipinski definition) is 3. The second kappa shape index (κ2) is 8.33. The summed E-state index contributed by atoms with van der Waals surface area (Å²) in [7, 11) is 0. The number of imidazole rings is 1. The molecule has 0 bridgehead atoms. The molecule has 0 radical (unpaired) electrons. The Kier molecular flexibility index (Phi) is 5.45. The van der Waals surface area contributed by atoms with Gasteiger partial charge in [-0.1, -0.05) is 72.3 Å². The SMILES string of the molecule is CCOC(=O)c1c(-c2ccccc2)nc(-c2ccccc2)n1-c1ccc(Cl)cc1. The molecule has 29 heavy (non-hydrogen) atoms. The van der Waals surface area contributed by atoms with E-state index < -0.39 is 5.97 Å². The summed E-state index contributed by atoms with van der Waals surface area (Å²) in [5.74, 6) is 0.241. The normalized spacial score (nSPS) is 10.7. The van der Waals surface area contributed by atoms with E-state index in [1.165, 1.54) is 0 Å². The highest BCUT2D eigenvalue weighted by Crippen LogP contribution is 2.33. The molecular formula is C24H19ClN2O2. The van der Waals surface area contributed by atoms with Crippen molar-refractivity contribution >= 4 is 17.6 Å². The van der Waals surface area contributed by atoms with Crippen LogP contribution < -0.4 is 0 Å². The number of nitrogens with zero attached hydrogens (tertiary/aromatic N) is 2. The van der Waals surface area contributed by atoms with Crippen LogP contribution in [0.2, 0.25) is 5.02 Å². The third kappa shape index (κ3) is 3.80. The molecule has 1 heterocycles. The van der Waals surface area contributed by atoms with Gasteiger partial charge in [0, 0.05) is 21.8 Å². The molecule has 144 valence electrons. The average Bonchev–Trinajstić information content (AvgIpc) is 3.16. The van der Waals surface area contributed by atoms with Crippen molar-refractivity contribution in [1.29, 1.82) is 0 Å². The summed E-state index contributed by atoms with van der Waals surface area (Å²) in [6, 6.07) is 26.8. The van der Waals surface area contributed by atoms with Gasteiger partial charge < -0.3 is 4.74 Å². The minimum atomic E-state index is -0.420. The van der Waals surface area contributed by atoms with Crippen molar-refractivity contribution in [1.82, 2.24) is 9.55 Å². The molecule has 0 atom stereocenters. The number of carbonyl (C=O) groups is 1. The van der Waals surface area contributed by atoms with Crippen LogP contribution in [0.25, 0.3) is 28.3 Å². The van der Waals surface area contributed by atoms with Crippen LogP contribution in [-0.4, -0.2) is 22.1 Å². The van der Waals surface area contributed by atoms with Crippen LogP contribution in [0.3, 0.4) is 0 Å². The van der Waals surface area contributed by atoms with Crippen molar-refractivity contribution in [3.05, 3.63) is 95.6 Å². The third-order valence-corrected chi connectivity index (χ3v) is 4.76. The number of aromatic nitrogens is 2. The molecule has 0 fully saturated rings. The summed E-state index contributed by atoms with van der Waals surface area (Å²) in [5, 5.41) is 0.621. The van der Waals surface area contributed by atoms with E-state index in [9.17, 15) is 4.79 Å². The number of carbonyl (C=O) groups excluding carboxylic acids is 1. The lowest BCUT2D eigenvalue weighted by atomic mass is 10.1. The fourth-order valence-corrected chi connectivity index (χ4v) is 3.35. The van der Waals surface area contributed by atoms with Crippen LogP contribution >= 0.6 is 11.6 Å². The Morgan fingerprint density at radius 3 is 2.07 bits per heavy atom. The molecule has 4 rings (SSSR count). The maximum Gasteiger partial charge on any atom is 0.357 e. The maximum atomic E-state index is 13.0. The minimum Gasteiger partial charge on any atom is -0.461 e. The van der Waals surface area contributed by atoms with Gasteiger partial charge in [0.05, 0.1) is 6.61 Å². The number of ether oxygens (including phenoxy) is 1. The van der Waals surface area contributed by atoms with E-state index >= 15 is 0 Å². The van der Waals surface area contributed by atoms with E-state index in [2.05, 4.69) is 0 Å². The van der Waals surface area contributed by atoms with Crippen molar-refractivity contribution in [3.63, 3.8) is 0 Å². The molecule has 1 aromatic heterocycles. The molecule has 0 aliphatic rings. The Hall–Kier alpha value is -3.37. The third-order valence-electron chi connectivity index (χ3n) is 4.51. The number of halogens is 1. The van der Waals surface area contributed by atoms with Crippen molar-refractivity contribution in [2.75, 3.05) is 6.61 Å². The molecule has 3 aromatic carbocycles. The highest BCUT2D eigenvalue weighted by atomic mass is 35.5. The molecule has 0 aliphatic carbocycles. The second-order valence-corrected chi connectivity index (χ2v) is 6.83. The molecule has 4 nitrogen and oxygen atoms in total. The van der Waals surface area contributed by atoms with E-state index in [-0.39, 0.29) is 6.61 Å². The second-order valence-electron chi connectivity index (χ2n) is 6.40. The molecule has 4 aromatic rings. The lowest BCUT2D eigenvalue weighted by Gasteiger charge is -2.12. The van der Waals surface area contributed by atoms with E-state index in [0.29, 0.717) is 22.2 Å². The lowest BCUT2D eigenvalue weighted by molar-refractivity contribution is 0.0518. The van der Waals surface area contributed by atoms with Gasteiger partial charge in [-0.3, -0.25) is 4.57 Å². The fourth-order valence-electron chi connectivity index (χ4n) is 3.23. The predicted molar refractivity (Wildman–Crippen MR) is 115 cm³/mol. The first-order valence-corrected chi connectivity index (χ1v) is 9.73.